The zero-order chi connectivity index (χ0) is 23.3. The normalized spacial score (nSPS) is 10.8. The maximum Gasteiger partial charge on any atom is 0.240 e. The zero-order valence-corrected chi connectivity index (χ0v) is 18.4. The van der Waals surface area contributed by atoms with Gasteiger partial charge in [-0.05, 0) is 24.3 Å². The summed E-state index contributed by atoms with van der Waals surface area (Å²) in [6.45, 7) is 0. The Morgan fingerprint density at radius 3 is 1.47 bits per heavy atom. The number of hydrogen-bond acceptors (Lipinski definition) is 8. The van der Waals surface area contributed by atoms with Crippen molar-refractivity contribution in [3.8, 4) is 23.0 Å². The van der Waals surface area contributed by atoms with Gasteiger partial charge < -0.3 is 18.9 Å². The highest BCUT2D eigenvalue weighted by atomic mass is 16.5. The first kappa shape index (κ1) is 24.2. The van der Waals surface area contributed by atoms with E-state index in [0.717, 1.165) is 0 Å². The SMILES string of the molecule is COc1cccc(/C=N\NC(=O)CCC(=O)N/N=C\c2cccc(OC)c2OC)c1OC. The van der Waals surface area contributed by atoms with Gasteiger partial charge in [0.05, 0.1) is 40.9 Å². The number of nitrogens with zero attached hydrogens (tertiary/aromatic N) is 2. The van der Waals surface area contributed by atoms with Gasteiger partial charge in [-0.25, -0.2) is 10.9 Å². The summed E-state index contributed by atoms with van der Waals surface area (Å²) < 4.78 is 21.0. The quantitative estimate of drug-likeness (QED) is 0.406. The molecule has 0 aliphatic rings. The first-order valence-electron chi connectivity index (χ1n) is 9.59. The average molecular weight is 442 g/mol. The van der Waals surface area contributed by atoms with E-state index in [1.807, 2.05) is 0 Å². The van der Waals surface area contributed by atoms with Crippen molar-refractivity contribution in [2.45, 2.75) is 12.8 Å². The number of carbonyl (C=O) groups is 2. The van der Waals surface area contributed by atoms with Crippen molar-refractivity contribution in [1.29, 1.82) is 0 Å². The van der Waals surface area contributed by atoms with Crippen LogP contribution in [0.15, 0.2) is 46.6 Å². The smallest absolute Gasteiger partial charge is 0.240 e. The van der Waals surface area contributed by atoms with E-state index in [0.29, 0.717) is 34.1 Å². The highest BCUT2D eigenvalue weighted by Gasteiger charge is 2.09. The monoisotopic (exact) mass is 442 g/mol. The zero-order valence-electron chi connectivity index (χ0n) is 18.4. The van der Waals surface area contributed by atoms with Crippen molar-refractivity contribution in [2.24, 2.45) is 10.2 Å². The van der Waals surface area contributed by atoms with Crippen LogP contribution in [0.3, 0.4) is 0 Å². The van der Waals surface area contributed by atoms with E-state index >= 15 is 0 Å². The van der Waals surface area contributed by atoms with Crippen LogP contribution in [-0.4, -0.2) is 52.7 Å². The molecule has 0 spiro atoms. The molecule has 2 aromatic carbocycles. The third kappa shape index (κ3) is 6.73. The van der Waals surface area contributed by atoms with Gasteiger partial charge >= 0.3 is 0 Å². The summed E-state index contributed by atoms with van der Waals surface area (Å²) in [7, 11) is 6.09. The van der Waals surface area contributed by atoms with Crippen molar-refractivity contribution in [3.63, 3.8) is 0 Å². The fourth-order valence-corrected chi connectivity index (χ4v) is 2.71. The molecule has 0 aliphatic carbocycles. The fraction of sp³-hybridized carbons (Fsp3) is 0.273. The van der Waals surface area contributed by atoms with Crippen LogP contribution in [0.2, 0.25) is 0 Å². The van der Waals surface area contributed by atoms with Gasteiger partial charge in [-0.15, -0.1) is 0 Å². The van der Waals surface area contributed by atoms with E-state index in [4.69, 9.17) is 18.9 Å². The van der Waals surface area contributed by atoms with Gasteiger partial charge in [-0.1, -0.05) is 12.1 Å². The van der Waals surface area contributed by atoms with Crippen molar-refractivity contribution >= 4 is 24.2 Å². The first-order chi connectivity index (χ1) is 15.5. The average Bonchev–Trinajstić information content (AvgIpc) is 2.82. The number of hydrogen-bond donors (Lipinski definition) is 2. The Balaban J connectivity index is 1.82. The molecule has 0 heterocycles. The molecule has 0 fully saturated rings. The van der Waals surface area contributed by atoms with E-state index in [1.54, 1.807) is 36.4 Å². The molecule has 10 heteroatoms. The molecule has 0 unspecified atom stereocenters. The molecule has 0 atom stereocenters. The minimum absolute atomic E-state index is 0.0591. The lowest BCUT2D eigenvalue weighted by atomic mass is 10.2. The van der Waals surface area contributed by atoms with Gasteiger partial charge in [-0.3, -0.25) is 9.59 Å². The molecule has 10 nitrogen and oxygen atoms in total. The lowest BCUT2D eigenvalue weighted by molar-refractivity contribution is -0.126. The molecule has 0 saturated carbocycles. The van der Waals surface area contributed by atoms with Crippen LogP contribution in [0.5, 0.6) is 23.0 Å². The Morgan fingerprint density at radius 2 is 1.12 bits per heavy atom. The predicted molar refractivity (Wildman–Crippen MR) is 120 cm³/mol. The van der Waals surface area contributed by atoms with Gasteiger partial charge in [0.25, 0.3) is 0 Å². The van der Waals surface area contributed by atoms with E-state index in [-0.39, 0.29) is 12.8 Å². The maximum absolute atomic E-state index is 11.9. The number of methoxy groups -OCH3 is 4. The van der Waals surface area contributed by atoms with Crippen LogP contribution in [-0.2, 0) is 9.59 Å². The summed E-state index contributed by atoms with van der Waals surface area (Å²) in [4.78, 5) is 23.9. The molecule has 0 saturated heterocycles. The Kier molecular flexibility index (Phi) is 9.51. The second kappa shape index (κ2) is 12.6. The number of ether oxygens (including phenoxy) is 4. The third-order valence-electron chi connectivity index (χ3n) is 4.23. The number of amides is 2. The number of nitrogens with one attached hydrogen (secondary N) is 2. The Morgan fingerprint density at radius 1 is 0.719 bits per heavy atom. The van der Waals surface area contributed by atoms with Crippen molar-refractivity contribution in [3.05, 3.63) is 47.5 Å². The highest BCUT2D eigenvalue weighted by Crippen LogP contribution is 2.30. The topological polar surface area (TPSA) is 120 Å². The first-order valence-corrected chi connectivity index (χ1v) is 9.59. The van der Waals surface area contributed by atoms with Crippen LogP contribution in [0.4, 0.5) is 0 Å². The molecule has 0 bridgehead atoms. The molecular formula is C22H26N4O6. The third-order valence-corrected chi connectivity index (χ3v) is 4.23. The Hall–Kier alpha value is -4.08. The van der Waals surface area contributed by atoms with Gasteiger partial charge in [0.15, 0.2) is 23.0 Å². The van der Waals surface area contributed by atoms with Crippen LogP contribution >= 0.6 is 0 Å². The minimum Gasteiger partial charge on any atom is -0.493 e. The van der Waals surface area contributed by atoms with Crippen LogP contribution in [0.25, 0.3) is 0 Å². The summed E-state index contributed by atoms with van der Waals surface area (Å²) in [6.07, 6.45) is 2.75. The largest absolute Gasteiger partial charge is 0.493 e. The van der Waals surface area contributed by atoms with Crippen LogP contribution in [0, 0.1) is 0 Å². The Labute approximate surface area is 186 Å². The number of carbonyl (C=O) groups excluding carboxylic acids is 2. The molecule has 0 radical (unpaired) electrons. The number of para-hydroxylation sites is 2. The Bertz CT molecular complexity index is 911. The molecular weight excluding hydrogens is 416 g/mol. The molecule has 170 valence electrons. The highest BCUT2D eigenvalue weighted by molar-refractivity contribution is 5.89. The van der Waals surface area contributed by atoms with Crippen LogP contribution in [0.1, 0.15) is 24.0 Å². The molecule has 0 aliphatic heterocycles. The lowest BCUT2D eigenvalue weighted by Crippen LogP contribution is -2.22. The minimum atomic E-state index is -0.420. The summed E-state index contributed by atoms with van der Waals surface area (Å²) in [5.41, 5.74) is 6.00. The van der Waals surface area contributed by atoms with E-state index in [2.05, 4.69) is 21.1 Å². The molecule has 2 rings (SSSR count). The van der Waals surface area contributed by atoms with E-state index < -0.39 is 11.8 Å². The number of hydrazone groups is 2. The molecule has 2 N–H and O–H groups in total. The molecule has 32 heavy (non-hydrogen) atoms. The second-order valence-corrected chi connectivity index (χ2v) is 6.25. The lowest BCUT2D eigenvalue weighted by Gasteiger charge is -2.09. The van der Waals surface area contributed by atoms with Gasteiger partial charge in [-0.2, -0.15) is 10.2 Å². The van der Waals surface area contributed by atoms with Crippen molar-refractivity contribution in [1.82, 2.24) is 10.9 Å². The maximum atomic E-state index is 11.9. The van der Waals surface area contributed by atoms with Gasteiger partial charge in [0.2, 0.25) is 11.8 Å². The summed E-state index contributed by atoms with van der Waals surface area (Å²) >= 11 is 0. The van der Waals surface area contributed by atoms with Crippen molar-refractivity contribution in [2.75, 3.05) is 28.4 Å². The second-order valence-electron chi connectivity index (χ2n) is 6.25. The number of benzene rings is 2. The van der Waals surface area contributed by atoms with Crippen molar-refractivity contribution < 1.29 is 28.5 Å². The van der Waals surface area contributed by atoms with Crippen LogP contribution < -0.4 is 29.8 Å². The predicted octanol–water partition coefficient (Wildman–Crippen LogP) is 2.10. The van der Waals surface area contributed by atoms with Gasteiger partial charge in [0.1, 0.15) is 0 Å². The summed E-state index contributed by atoms with van der Waals surface area (Å²) in [6, 6.07) is 10.6. The van der Waals surface area contributed by atoms with Gasteiger partial charge in [0, 0.05) is 24.0 Å². The molecule has 0 aromatic heterocycles. The van der Waals surface area contributed by atoms with E-state index in [9.17, 15) is 9.59 Å². The number of rotatable bonds is 11. The van der Waals surface area contributed by atoms with E-state index in [1.165, 1.54) is 40.9 Å². The fourth-order valence-electron chi connectivity index (χ4n) is 2.71. The summed E-state index contributed by atoms with van der Waals surface area (Å²) in [5, 5.41) is 7.79. The summed E-state index contributed by atoms with van der Waals surface area (Å²) in [5.74, 6) is 1.25. The molecule has 2 aromatic rings. The standard InChI is InChI=1S/C22H26N4O6/c1-29-17-9-5-7-15(21(17)31-3)13-23-25-19(27)11-12-20(28)26-24-14-16-8-6-10-18(30-2)22(16)32-4/h5-10,13-14H,11-12H2,1-4H3,(H,25,27)(H,26,28)/b23-13-,24-14-. The molecule has 2 amide bonds.